The minimum atomic E-state index is -2.11. The molecule has 0 aromatic carbocycles. The predicted octanol–water partition coefficient (Wildman–Crippen LogP) is 2.88. The first-order valence-electron chi connectivity index (χ1n) is 2.78. The standard InChI is InChI=1S/C5H5N.BCl4/c1-2-4-6-5-3-1;2-1(3,4)5/h1-5H;/q;-1/p+1. The number of pyridine rings is 1. The third-order valence-corrected chi connectivity index (χ3v) is 0.607. The van der Waals surface area contributed by atoms with Crippen LogP contribution in [0.25, 0.3) is 0 Å². The zero-order valence-electron chi connectivity index (χ0n) is 5.48. The van der Waals surface area contributed by atoms with Crippen LogP contribution in [0.2, 0.25) is 0 Å². The molecule has 0 aliphatic carbocycles. The van der Waals surface area contributed by atoms with E-state index in [1.165, 1.54) is 0 Å². The highest BCUT2D eigenvalue weighted by Crippen LogP contribution is 2.23. The van der Waals surface area contributed by atoms with Crippen LogP contribution in [-0.4, -0.2) is 3.81 Å². The van der Waals surface area contributed by atoms with Gasteiger partial charge in [-0.15, -0.1) is 0 Å². The topological polar surface area (TPSA) is 14.1 Å². The van der Waals surface area contributed by atoms with Crippen LogP contribution in [0.3, 0.4) is 0 Å². The van der Waals surface area contributed by atoms with E-state index in [9.17, 15) is 0 Å². The van der Waals surface area contributed by atoms with Crippen molar-refractivity contribution in [2.45, 2.75) is 0 Å². The molecular formula is C5H6BCl4N. The van der Waals surface area contributed by atoms with Gasteiger partial charge in [0.05, 0.1) is 0 Å². The van der Waals surface area contributed by atoms with E-state index in [-0.39, 0.29) is 0 Å². The van der Waals surface area contributed by atoms with Crippen molar-refractivity contribution in [2.75, 3.05) is 0 Å². The van der Waals surface area contributed by atoms with Gasteiger partial charge in [0.25, 0.3) is 0 Å². The first-order valence-corrected chi connectivity index (χ1v) is 4.53. The Kier molecular flexibility index (Phi) is 6.16. The van der Waals surface area contributed by atoms with Crippen molar-refractivity contribution in [3.05, 3.63) is 30.6 Å². The largest absolute Gasteiger partial charge is 0.332 e. The number of halogens is 4. The van der Waals surface area contributed by atoms with Crippen molar-refractivity contribution < 1.29 is 4.98 Å². The van der Waals surface area contributed by atoms with Gasteiger partial charge in [0, 0.05) is 12.1 Å². The highest BCUT2D eigenvalue weighted by atomic mass is 35.6. The lowest BCUT2D eigenvalue weighted by molar-refractivity contribution is -0.377. The summed E-state index contributed by atoms with van der Waals surface area (Å²) in [5.41, 5.74) is 0. The molecule has 0 saturated carbocycles. The third-order valence-electron chi connectivity index (χ3n) is 0.607. The summed E-state index contributed by atoms with van der Waals surface area (Å²) in [7, 11) is 0. The van der Waals surface area contributed by atoms with Crippen molar-refractivity contribution in [1.82, 2.24) is 0 Å². The van der Waals surface area contributed by atoms with Crippen molar-refractivity contribution in [1.29, 1.82) is 0 Å². The van der Waals surface area contributed by atoms with Gasteiger partial charge in [-0.3, -0.25) is 0 Å². The molecule has 0 aliphatic rings. The molecule has 0 unspecified atom stereocenters. The fourth-order valence-electron chi connectivity index (χ4n) is 0.342. The maximum Gasteiger partial charge on any atom is 0.328 e. The Bertz CT molecular complexity index is 143. The molecule has 1 aromatic heterocycles. The zero-order valence-corrected chi connectivity index (χ0v) is 8.50. The summed E-state index contributed by atoms with van der Waals surface area (Å²) in [6.45, 7) is 0. The van der Waals surface area contributed by atoms with Crippen molar-refractivity contribution in [3.8, 4) is 0 Å². The van der Waals surface area contributed by atoms with E-state index >= 15 is 0 Å². The summed E-state index contributed by atoms with van der Waals surface area (Å²) in [5, 5.41) is 0. The number of aromatic nitrogens is 1. The van der Waals surface area contributed by atoms with E-state index in [0.29, 0.717) is 0 Å². The number of hydrogen-bond donors (Lipinski definition) is 0. The van der Waals surface area contributed by atoms with Crippen LogP contribution < -0.4 is 4.98 Å². The minimum absolute atomic E-state index is 1.88. The van der Waals surface area contributed by atoms with Crippen molar-refractivity contribution in [2.24, 2.45) is 0 Å². The van der Waals surface area contributed by atoms with Crippen molar-refractivity contribution >= 4 is 49.6 Å². The lowest BCUT2D eigenvalue weighted by Gasteiger charge is -2.03. The minimum Gasteiger partial charge on any atom is -0.332 e. The average Bonchev–Trinajstić information content (AvgIpc) is 1.88. The van der Waals surface area contributed by atoms with E-state index in [2.05, 4.69) is 4.98 Å². The van der Waals surface area contributed by atoms with E-state index < -0.39 is 3.81 Å². The SMILES string of the molecule is Cl[B-](Cl)(Cl)Cl.c1cc[nH+]cc1. The fourth-order valence-corrected chi connectivity index (χ4v) is 0.342. The van der Waals surface area contributed by atoms with E-state index in [4.69, 9.17) is 45.8 Å². The maximum absolute atomic E-state index is 4.89. The van der Waals surface area contributed by atoms with Crippen LogP contribution in [0.5, 0.6) is 0 Å². The molecule has 1 rings (SSSR count). The Morgan fingerprint density at radius 2 is 1.18 bits per heavy atom. The fraction of sp³-hybridized carbons (Fsp3) is 0. The van der Waals surface area contributed by atoms with Gasteiger partial charge in [0.15, 0.2) is 12.4 Å². The van der Waals surface area contributed by atoms with E-state index in [0.717, 1.165) is 0 Å². The third kappa shape index (κ3) is 17.9. The monoisotopic (exact) mass is 231 g/mol. The highest BCUT2D eigenvalue weighted by Gasteiger charge is 2.03. The number of hydrogen-bond acceptors (Lipinski definition) is 0. The highest BCUT2D eigenvalue weighted by molar-refractivity contribution is 7.81. The average molecular weight is 233 g/mol. The van der Waals surface area contributed by atoms with Gasteiger partial charge in [0.1, 0.15) is 0 Å². The van der Waals surface area contributed by atoms with Crippen LogP contribution in [0, 0.1) is 0 Å². The molecule has 1 nitrogen and oxygen atoms in total. The van der Waals surface area contributed by atoms with Gasteiger partial charge >= 0.3 is 3.81 Å². The van der Waals surface area contributed by atoms with Gasteiger partial charge in [-0.1, -0.05) is 6.07 Å². The summed E-state index contributed by atoms with van der Waals surface area (Å²) >= 11 is 19.6. The van der Waals surface area contributed by atoms with Crippen LogP contribution in [-0.2, 0) is 0 Å². The molecule has 0 radical (unpaired) electrons. The normalized spacial score (nSPS) is 9.82. The smallest absolute Gasteiger partial charge is 0.328 e. The Balaban J connectivity index is 0.000000187. The molecule has 11 heavy (non-hydrogen) atoms. The summed E-state index contributed by atoms with van der Waals surface area (Å²) in [6, 6.07) is 5.86. The zero-order chi connectivity index (χ0) is 8.74. The second kappa shape index (κ2) is 5.95. The van der Waals surface area contributed by atoms with Gasteiger partial charge < -0.3 is 45.8 Å². The molecule has 0 fully saturated rings. The Hall–Kier alpha value is 0.375. The van der Waals surface area contributed by atoms with Gasteiger partial charge in [-0.2, -0.15) is 0 Å². The van der Waals surface area contributed by atoms with Gasteiger partial charge in [-0.25, -0.2) is 4.98 Å². The summed E-state index contributed by atoms with van der Waals surface area (Å²) < 4.78 is -2.11. The molecule has 62 valence electrons. The quantitative estimate of drug-likeness (QED) is 0.611. The summed E-state index contributed by atoms with van der Waals surface area (Å²) in [5.74, 6) is 0. The number of aromatic amines is 1. The van der Waals surface area contributed by atoms with E-state index in [1.807, 2.05) is 30.6 Å². The molecule has 0 saturated heterocycles. The molecule has 0 spiro atoms. The van der Waals surface area contributed by atoms with Crippen molar-refractivity contribution in [3.63, 3.8) is 0 Å². The molecule has 1 heterocycles. The molecular weight excluding hydrogens is 227 g/mol. The molecule has 0 amide bonds. The number of nitrogens with one attached hydrogen (secondary N) is 1. The van der Waals surface area contributed by atoms with Gasteiger partial charge in [0.2, 0.25) is 0 Å². The first-order chi connectivity index (χ1) is 5.00. The molecule has 1 aromatic rings. The Morgan fingerprint density at radius 1 is 0.818 bits per heavy atom. The molecule has 0 atom stereocenters. The number of H-pyrrole nitrogens is 1. The predicted molar refractivity (Wildman–Crippen MR) is 52.2 cm³/mol. The summed E-state index contributed by atoms with van der Waals surface area (Å²) in [4.78, 5) is 2.89. The molecule has 0 aliphatic heterocycles. The van der Waals surface area contributed by atoms with Crippen LogP contribution in [0.4, 0.5) is 0 Å². The lowest BCUT2D eigenvalue weighted by atomic mass is 10.5. The van der Waals surface area contributed by atoms with Crippen LogP contribution in [0.15, 0.2) is 30.6 Å². The molecule has 0 bridgehead atoms. The lowest BCUT2D eigenvalue weighted by Crippen LogP contribution is -1.93. The molecule has 1 N–H and O–H groups in total. The second-order valence-electron chi connectivity index (χ2n) is 1.57. The van der Waals surface area contributed by atoms with Gasteiger partial charge in [-0.05, 0) is 0 Å². The van der Waals surface area contributed by atoms with Crippen LogP contribution >= 0.6 is 45.8 Å². The maximum atomic E-state index is 4.89. The summed E-state index contributed by atoms with van der Waals surface area (Å²) in [6.07, 6.45) is 3.75. The van der Waals surface area contributed by atoms with E-state index in [1.54, 1.807) is 0 Å². The second-order valence-corrected chi connectivity index (χ2v) is 5.53. The molecule has 6 heteroatoms. The van der Waals surface area contributed by atoms with Crippen LogP contribution in [0.1, 0.15) is 0 Å². The Labute approximate surface area is 85.2 Å². The Morgan fingerprint density at radius 3 is 1.27 bits per heavy atom. The first kappa shape index (κ1) is 11.4. The number of rotatable bonds is 0.